The van der Waals surface area contributed by atoms with Crippen molar-refractivity contribution in [2.45, 2.75) is 37.2 Å². The van der Waals surface area contributed by atoms with Gasteiger partial charge in [0.25, 0.3) is 0 Å². The average Bonchev–Trinajstić information content (AvgIpc) is 3.04. The first-order valence-electron chi connectivity index (χ1n) is 5.45. The third-order valence-corrected chi connectivity index (χ3v) is 4.43. The summed E-state index contributed by atoms with van der Waals surface area (Å²) in [5.41, 5.74) is 6.02. The Morgan fingerprint density at radius 1 is 1.47 bits per heavy atom. The molecule has 0 saturated heterocycles. The summed E-state index contributed by atoms with van der Waals surface area (Å²) in [7, 11) is -3.63. The zero-order chi connectivity index (χ0) is 12.6. The monoisotopic (exact) mass is 258 g/mol. The van der Waals surface area contributed by atoms with E-state index >= 15 is 0 Å². The van der Waals surface area contributed by atoms with Gasteiger partial charge in [-0.25, -0.2) is 17.5 Å². The minimum atomic E-state index is -3.63. The van der Waals surface area contributed by atoms with Gasteiger partial charge in [0.2, 0.25) is 10.0 Å². The Balaban J connectivity index is 2.45. The molecule has 0 aromatic heterocycles. The van der Waals surface area contributed by atoms with Crippen molar-refractivity contribution in [3.05, 3.63) is 29.1 Å². The first-order chi connectivity index (χ1) is 7.94. The van der Waals surface area contributed by atoms with E-state index in [1.165, 1.54) is 19.1 Å². The highest BCUT2D eigenvalue weighted by atomic mass is 32.2. The van der Waals surface area contributed by atoms with Gasteiger partial charge in [0.05, 0.1) is 4.90 Å². The first kappa shape index (κ1) is 12.5. The van der Waals surface area contributed by atoms with Gasteiger partial charge >= 0.3 is 0 Å². The lowest BCUT2D eigenvalue weighted by atomic mass is 10.1. The zero-order valence-electron chi connectivity index (χ0n) is 9.53. The zero-order valence-corrected chi connectivity index (χ0v) is 10.3. The SMILES string of the molecule is Cc1c(F)cc(CN)cc1S(=O)(=O)NC1CC1. The summed E-state index contributed by atoms with van der Waals surface area (Å²) >= 11 is 0. The molecule has 1 fully saturated rings. The molecule has 0 heterocycles. The highest BCUT2D eigenvalue weighted by molar-refractivity contribution is 7.89. The standard InChI is InChI=1S/C11H15FN2O2S/c1-7-10(12)4-8(6-13)5-11(7)17(15,16)14-9-2-3-9/h4-5,9,14H,2-3,6,13H2,1H3. The molecule has 0 spiro atoms. The highest BCUT2D eigenvalue weighted by Gasteiger charge is 2.29. The Kier molecular flexibility index (Phi) is 3.20. The maximum atomic E-state index is 13.6. The molecule has 1 aromatic rings. The second kappa shape index (κ2) is 4.36. The molecular formula is C11H15FN2O2S. The number of sulfonamides is 1. The van der Waals surface area contributed by atoms with E-state index in [4.69, 9.17) is 5.73 Å². The Labute approximate surface area is 100 Å². The number of hydrogen-bond donors (Lipinski definition) is 2. The molecule has 1 saturated carbocycles. The van der Waals surface area contributed by atoms with Gasteiger partial charge in [-0.1, -0.05) is 0 Å². The quantitative estimate of drug-likeness (QED) is 0.847. The average molecular weight is 258 g/mol. The highest BCUT2D eigenvalue weighted by Crippen LogP contribution is 2.25. The smallest absolute Gasteiger partial charge is 0.241 e. The summed E-state index contributed by atoms with van der Waals surface area (Å²) in [5.74, 6) is -0.538. The summed E-state index contributed by atoms with van der Waals surface area (Å²) in [6.07, 6.45) is 1.69. The van der Waals surface area contributed by atoms with Crippen molar-refractivity contribution in [2.75, 3.05) is 0 Å². The number of nitrogens with two attached hydrogens (primary N) is 1. The van der Waals surface area contributed by atoms with Crippen LogP contribution in [0.1, 0.15) is 24.0 Å². The van der Waals surface area contributed by atoms with Crippen molar-refractivity contribution in [1.82, 2.24) is 4.72 Å². The van der Waals surface area contributed by atoms with Crippen LogP contribution >= 0.6 is 0 Å². The van der Waals surface area contributed by atoms with Crippen molar-refractivity contribution in [3.63, 3.8) is 0 Å². The molecule has 94 valence electrons. The van der Waals surface area contributed by atoms with Crippen molar-refractivity contribution < 1.29 is 12.8 Å². The van der Waals surface area contributed by atoms with Gasteiger partial charge in [0.1, 0.15) is 5.82 Å². The van der Waals surface area contributed by atoms with Crippen molar-refractivity contribution in [1.29, 1.82) is 0 Å². The van der Waals surface area contributed by atoms with Gasteiger partial charge in [-0.2, -0.15) is 0 Å². The maximum Gasteiger partial charge on any atom is 0.241 e. The molecule has 4 nitrogen and oxygen atoms in total. The maximum absolute atomic E-state index is 13.6. The molecule has 1 aromatic carbocycles. The number of nitrogens with one attached hydrogen (secondary N) is 1. The van der Waals surface area contributed by atoms with E-state index < -0.39 is 15.8 Å². The summed E-state index contributed by atoms with van der Waals surface area (Å²) in [5, 5.41) is 0. The van der Waals surface area contributed by atoms with E-state index in [1.807, 2.05) is 0 Å². The van der Waals surface area contributed by atoms with Crippen LogP contribution in [0.4, 0.5) is 4.39 Å². The Morgan fingerprint density at radius 3 is 2.65 bits per heavy atom. The van der Waals surface area contributed by atoms with E-state index in [0.29, 0.717) is 5.56 Å². The molecule has 3 N–H and O–H groups in total. The third kappa shape index (κ3) is 2.65. The predicted molar refractivity (Wildman–Crippen MR) is 62.4 cm³/mol. The van der Waals surface area contributed by atoms with Crippen LogP contribution in [-0.4, -0.2) is 14.5 Å². The van der Waals surface area contributed by atoms with Crippen molar-refractivity contribution >= 4 is 10.0 Å². The largest absolute Gasteiger partial charge is 0.326 e. The molecule has 1 aliphatic rings. The summed E-state index contributed by atoms with van der Waals surface area (Å²) in [4.78, 5) is -0.00940. The molecule has 6 heteroatoms. The van der Waals surface area contributed by atoms with Crippen LogP contribution in [-0.2, 0) is 16.6 Å². The van der Waals surface area contributed by atoms with Gasteiger partial charge < -0.3 is 5.73 Å². The third-order valence-electron chi connectivity index (χ3n) is 2.78. The van der Waals surface area contributed by atoms with E-state index in [2.05, 4.69) is 4.72 Å². The van der Waals surface area contributed by atoms with Crippen LogP contribution in [0.15, 0.2) is 17.0 Å². The van der Waals surface area contributed by atoms with Gasteiger partial charge in [0, 0.05) is 18.2 Å². The van der Waals surface area contributed by atoms with Crippen LogP contribution in [0, 0.1) is 12.7 Å². The molecule has 0 bridgehead atoms. The molecule has 0 aliphatic heterocycles. The Morgan fingerprint density at radius 2 is 2.12 bits per heavy atom. The molecule has 0 radical (unpaired) electrons. The normalized spacial score (nSPS) is 16.2. The van der Waals surface area contributed by atoms with Gasteiger partial charge in [-0.05, 0) is 37.5 Å². The van der Waals surface area contributed by atoms with Gasteiger partial charge in [-0.3, -0.25) is 0 Å². The topological polar surface area (TPSA) is 72.2 Å². The number of hydrogen-bond acceptors (Lipinski definition) is 3. The van der Waals surface area contributed by atoms with Crippen molar-refractivity contribution in [2.24, 2.45) is 5.73 Å². The molecule has 1 aliphatic carbocycles. The number of halogens is 1. The van der Waals surface area contributed by atoms with E-state index in [9.17, 15) is 12.8 Å². The van der Waals surface area contributed by atoms with E-state index in [-0.39, 0.29) is 23.0 Å². The van der Waals surface area contributed by atoms with Crippen LogP contribution in [0.2, 0.25) is 0 Å². The summed E-state index contributed by atoms with van der Waals surface area (Å²) < 4.78 is 40.1. The van der Waals surface area contributed by atoms with Crippen LogP contribution in [0.3, 0.4) is 0 Å². The minimum absolute atomic E-state index is 0.00370. The van der Waals surface area contributed by atoms with E-state index in [0.717, 1.165) is 12.8 Å². The summed E-state index contributed by atoms with van der Waals surface area (Å²) in [6.45, 7) is 1.57. The number of benzene rings is 1. The fourth-order valence-electron chi connectivity index (χ4n) is 1.59. The lowest BCUT2D eigenvalue weighted by Gasteiger charge is -2.11. The molecule has 0 amide bonds. The first-order valence-corrected chi connectivity index (χ1v) is 6.94. The lowest BCUT2D eigenvalue weighted by molar-refractivity contribution is 0.573. The minimum Gasteiger partial charge on any atom is -0.326 e. The Hall–Kier alpha value is -0.980. The second-order valence-electron chi connectivity index (χ2n) is 4.30. The van der Waals surface area contributed by atoms with Crippen LogP contribution < -0.4 is 10.5 Å². The molecule has 17 heavy (non-hydrogen) atoms. The van der Waals surface area contributed by atoms with E-state index in [1.54, 1.807) is 0 Å². The molecule has 0 atom stereocenters. The number of rotatable bonds is 4. The lowest BCUT2D eigenvalue weighted by Crippen LogP contribution is -2.26. The van der Waals surface area contributed by atoms with Crippen LogP contribution in [0.5, 0.6) is 0 Å². The van der Waals surface area contributed by atoms with Gasteiger partial charge in [0.15, 0.2) is 0 Å². The molecule has 0 unspecified atom stereocenters. The van der Waals surface area contributed by atoms with Crippen LogP contribution in [0.25, 0.3) is 0 Å². The Bertz CT molecular complexity index is 539. The van der Waals surface area contributed by atoms with Gasteiger partial charge in [-0.15, -0.1) is 0 Å². The molecular weight excluding hydrogens is 243 g/mol. The fourth-order valence-corrected chi connectivity index (χ4v) is 3.20. The molecule has 2 rings (SSSR count). The predicted octanol–water partition coefficient (Wildman–Crippen LogP) is 1.03. The van der Waals surface area contributed by atoms with Crippen molar-refractivity contribution in [3.8, 4) is 0 Å². The fraction of sp³-hybridized carbons (Fsp3) is 0.455. The summed E-state index contributed by atoms with van der Waals surface area (Å²) in [6, 6.07) is 2.71. The second-order valence-corrected chi connectivity index (χ2v) is 5.98.